The van der Waals surface area contributed by atoms with Gasteiger partial charge in [-0.15, -0.1) is 0 Å². The van der Waals surface area contributed by atoms with E-state index in [4.69, 9.17) is 33.7 Å². The number of hydrogen-bond acceptors (Lipinski definition) is 3. The average molecular weight is 367 g/mol. The molecule has 5 nitrogen and oxygen atoms in total. The zero-order chi connectivity index (χ0) is 17.5. The molecule has 0 heterocycles. The van der Waals surface area contributed by atoms with E-state index in [0.29, 0.717) is 15.7 Å². The van der Waals surface area contributed by atoms with E-state index in [1.54, 1.807) is 42.5 Å². The fraction of sp³-hybridized carbons (Fsp3) is 0.176. The number of benzene rings is 2. The van der Waals surface area contributed by atoms with Crippen molar-refractivity contribution in [3.8, 4) is 5.75 Å². The molecular formula is C17H16Cl2N2O3. The molecule has 0 aliphatic heterocycles. The molecule has 0 bridgehead atoms. The molecule has 0 spiro atoms. The molecular weight excluding hydrogens is 351 g/mol. The Hall–Kier alpha value is -2.24. The van der Waals surface area contributed by atoms with Crippen LogP contribution in [-0.4, -0.2) is 25.0 Å². The molecule has 0 aliphatic rings. The molecule has 0 atom stereocenters. The topological polar surface area (TPSA) is 72.6 Å². The van der Waals surface area contributed by atoms with Crippen LogP contribution in [0, 0.1) is 0 Å². The van der Waals surface area contributed by atoms with E-state index in [2.05, 4.69) is 0 Å². The smallest absolute Gasteiger partial charge is 0.264 e. The monoisotopic (exact) mass is 366 g/mol. The number of carbonyl (C=O) groups excluding carboxylic acids is 2. The number of nitrogens with two attached hydrogens (primary N) is 1. The third kappa shape index (κ3) is 4.88. The summed E-state index contributed by atoms with van der Waals surface area (Å²) in [5.41, 5.74) is 5.83. The van der Waals surface area contributed by atoms with Crippen molar-refractivity contribution < 1.29 is 14.3 Å². The number of amides is 2. The molecule has 0 aromatic heterocycles. The first kappa shape index (κ1) is 18.1. The maximum atomic E-state index is 12.5. The number of hydrogen-bond donors (Lipinski definition) is 1. The summed E-state index contributed by atoms with van der Waals surface area (Å²) in [6, 6.07) is 13.9. The van der Waals surface area contributed by atoms with Crippen LogP contribution in [0.4, 0.5) is 5.69 Å². The number of ether oxygens (including phenoxy) is 1. The molecule has 0 saturated carbocycles. The highest BCUT2D eigenvalue weighted by Crippen LogP contribution is 2.32. The number of para-hydroxylation sites is 2. The van der Waals surface area contributed by atoms with Crippen molar-refractivity contribution >= 4 is 40.7 Å². The van der Waals surface area contributed by atoms with Crippen LogP contribution in [0.5, 0.6) is 5.75 Å². The van der Waals surface area contributed by atoms with E-state index >= 15 is 0 Å². The van der Waals surface area contributed by atoms with Gasteiger partial charge in [-0.2, -0.15) is 0 Å². The van der Waals surface area contributed by atoms with Gasteiger partial charge in [-0.25, -0.2) is 0 Å². The number of rotatable bonds is 7. The van der Waals surface area contributed by atoms with Crippen molar-refractivity contribution in [3.63, 3.8) is 0 Å². The lowest BCUT2D eigenvalue weighted by molar-refractivity contribution is -0.120. The van der Waals surface area contributed by atoms with Gasteiger partial charge in [0.2, 0.25) is 5.91 Å². The largest absolute Gasteiger partial charge is 0.481 e. The Morgan fingerprint density at radius 3 is 2.21 bits per heavy atom. The summed E-state index contributed by atoms with van der Waals surface area (Å²) in [6.45, 7) is -0.102. The fourth-order valence-electron chi connectivity index (χ4n) is 2.06. The molecule has 2 aromatic rings. The van der Waals surface area contributed by atoms with E-state index in [-0.39, 0.29) is 31.2 Å². The second-order valence-corrected chi connectivity index (χ2v) is 5.75. The highest BCUT2D eigenvalue weighted by molar-refractivity contribution is 6.37. The lowest BCUT2D eigenvalue weighted by Gasteiger charge is -2.22. The molecule has 2 amide bonds. The molecule has 0 radical (unpaired) electrons. The minimum absolute atomic E-state index is 0.0491. The predicted molar refractivity (Wildman–Crippen MR) is 94.6 cm³/mol. The van der Waals surface area contributed by atoms with Gasteiger partial charge in [0.05, 0.1) is 10.0 Å². The van der Waals surface area contributed by atoms with E-state index < -0.39 is 5.91 Å². The Labute approximate surface area is 149 Å². The van der Waals surface area contributed by atoms with Crippen LogP contribution >= 0.6 is 23.2 Å². The number of primary amides is 1. The molecule has 0 unspecified atom stereocenters. The van der Waals surface area contributed by atoms with Gasteiger partial charge in [-0.3, -0.25) is 9.59 Å². The first-order chi connectivity index (χ1) is 11.5. The number of halogens is 2. The van der Waals surface area contributed by atoms with Crippen LogP contribution in [0.15, 0.2) is 48.5 Å². The molecule has 126 valence electrons. The van der Waals surface area contributed by atoms with Gasteiger partial charge in [0.15, 0.2) is 12.4 Å². The summed E-state index contributed by atoms with van der Waals surface area (Å²) in [5.74, 6) is -0.575. The van der Waals surface area contributed by atoms with Gasteiger partial charge in [0.1, 0.15) is 0 Å². The van der Waals surface area contributed by atoms with E-state index in [1.807, 2.05) is 6.07 Å². The van der Waals surface area contributed by atoms with Crippen molar-refractivity contribution in [2.24, 2.45) is 5.73 Å². The van der Waals surface area contributed by atoms with Gasteiger partial charge in [0, 0.05) is 18.7 Å². The van der Waals surface area contributed by atoms with Crippen molar-refractivity contribution in [1.29, 1.82) is 0 Å². The standard InChI is InChI=1S/C17H16Cl2N2O3/c18-13-7-4-8-14(19)17(13)24-11-16(23)21(10-9-15(20)22)12-5-2-1-3-6-12/h1-8H,9-11H2,(H2,20,22). The maximum Gasteiger partial charge on any atom is 0.264 e. The lowest BCUT2D eigenvalue weighted by Crippen LogP contribution is -2.37. The summed E-state index contributed by atoms with van der Waals surface area (Å²) >= 11 is 12.0. The second kappa shape index (κ2) is 8.57. The van der Waals surface area contributed by atoms with E-state index in [1.165, 1.54) is 4.90 Å². The predicted octanol–water partition coefficient (Wildman–Crippen LogP) is 3.28. The van der Waals surface area contributed by atoms with Crippen LogP contribution in [0.25, 0.3) is 0 Å². The zero-order valence-corrected chi connectivity index (χ0v) is 14.3. The fourth-order valence-corrected chi connectivity index (χ4v) is 2.57. The van der Waals surface area contributed by atoms with Crippen molar-refractivity contribution in [2.45, 2.75) is 6.42 Å². The summed E-state index contributed by atoms with van der Waals surface area (Å²) < 4.78 is 5.47. The number of anilines is 1. The molecule has 0 fully saturated rings. The third-order valence-electron chi connectivity index (χ3n) is 3.21. The highest BCUT2D eigenvalue weighted by Gasteiger charge is 2.18. The Morgan fingerprint density at radius 1 is 1.00 bits per heavy atom. The first-order valence-electron chi connectivity index (χ1n) is 7.19. The van der Waals surface area contributed by atoms with Crippen molar-refractivity contribution in [2.75, 3.05) is 18.1 Å². The van der Waals surface area contributed by atoms with E-state index in [0.717, 1.165) is 0 Å². The SMILES string of the molecule is NC(=O)CCN(C(=O)COc1c(Cl)cccc1Cl)c1ccccc1. The average Bonchev–Trinajstić information content (AvgIpc) is 2.55. The Balaban J connectivity index is 2.11. The van der Waals surface area contributed by atoms with Gasteiger partial charge >= 0.3 is 0 Å². The van der Waals surface area contributed by atoms with Crippen LogP contribution in [-0.2, 0) is 9.59 Å². The molecule has 0 aliphatic carbocycles. The first-order valence-corrected chi connectivity index (χ1v) is 7.95. The Morgan fingerprint density at radius 2 is 1.62 bits per heavy atom. The second-order valence-electron chi connectivity index (χ2n) is 4.94. The Bertz CT molecular complexity index is 703. The minimum Gasteiger partial charge on any atom is -0.481 e. The summed E-state index contributed by atoms with van der Waals surface area (Å²) in [7, 11) is 0. The van der Waals surface area contributed by atoms with Gasteiger partial charge in [-0.1, -0.05) is 47.5 Å². The Kier molecular flexibility index (Phi) is 6.46. The third-order valence-corrected chi connectivity index (χ3v) is 3.80. The van der Waals surface area contributed by atoms with Gasteiger partial charge in [0.25, 0.3) is 5.91 Å². The zero-order valence-electron chi connectivity index (χ0n) is 12.7. The van der Waals surface area contributed by atoms with Gasteiger partial charge < -0.3 is 15.4 Å². The normalized spacial score (nSPS) is 10.2. The molecule has 24 heavy (non-hydrogen) atoms. The molecule has 7 heteroatoms. The molecule has 0 saturated heterocycles. The van der Waals surface area contributed by atoms with Crippen LogP contribution in [0.3, 0.4) is 0 Å². The summed E-state index contributed by atoms with van der Waals surface area (Å²) in [6.07, 6.45) is 0.0491. The summed E-state index contributed by atoms with van der Waals surface area (Å²) in [5, 5.41) is 0.636. The maximum absolute atomic E-state index is 12.5. The van der Waals surface area contributed by atoms with E-state index in [9.17, 15) is 9.59 Å². The van der Waals surface area contributed by atoms with Crippen LogP contribution in [0.1, 0.15) is 6.42 Å². The number of nitrogens with zero attached hydrogens (tertiary/aromatic N) is 1. The summed E-state index contributed by atoms with van der Waals surface area (Å²) in [4.78, 5) is 25.0. The van der Waals surface area contributed by atoms with Crippen LogP contribution < -0.4 is 15.4 Å². The van der Waals surface area contributed by atoms with Gasteiger partial charge in [-0.05, 0) is 24.3 Å². The minimum atomic E-state index is -0.487. The molecule has 2 N–H and O–H groups in total. The van der Waals surface area contributed by atoms with Crippen LogP contribution in [0.2, 0.25) is 10.0 Å². The van der Waals surface area contributed by atoms with Crippen molar-refractivity contribution in [1.82, 2.24) is 0 Å². The quantitative estimate of drug-likeness (QED) is 0.816. The molecule has 2 rings (SSSR count). The van der Waals surface area contributed by atoms with Crippen molar-refractivity contribution in [3.05, 3.63) is 58.6 Å². The lowest BCUT2D eigenvalue weighted by atomic mass is 10.2. The highest BCUT2D eigenvalue weighted by atomic mass is 35.5. The number of carbonyl (C=O) groups is 2. The molecule has 2 aromatic carbocycles.